The number of hydrogen-bond donors (Lipinski definition) is 0. The molecule has 32 heavy (non-hydrogen) atoms. The summed E-state index contributed by atoms with van der Waals surface area (Å²) in [7, 11) is 0. The van der Waals surface area contributed by atoms with Gasteiger partial charge >= 0.3 is 5.97 Å². The minimum absolute atomic E-state index is 0.442. The highest BCUT2D eigenvalue weighted by Gasteiger charge is 2.13. The van der Waals surface area contributed by atoms with E-state index in [0.717, 1.165) is 22.8 Å². The van der Waals surface area contributed by atoms with Crippen LogP contribution in [0.25, 0.3) is 43.8 Å². The Labute approximate surface area is 186 Å². The van der Waals surface area contributed by atoms with E-state index in [1.165, 1.54) is 27.1 Å². The van der Waals surface area contributed by atoms with Gasteiger partial charge in [-0.3, -0.25) is 4.89 Å². The van der Waals surface area contributed by atoms with Crippen LogP contribution in [-0.4, -0.2) is 5.97 Å². The van der Waals surface area contributed by atoms with E-state index in [9.17, 15) is 4.79 Å². The Morgan fingerprint density at radius 1 is 0.688 bits per heavy atom. The largest absolute Gasteiger partial charge is 0.378 e. The predicted molar refractivity (Wildman–Crippen MR) is 129 cm³/mol. The van der Waals surface area contributed by atoms with Gasteiger partial charge in [-0.2, -0.15) is 0 Å². The highest BCUT2D eigenvalue weighted by atomic mass is 17.2. The van der Waals surface area contributed by atoms with Gasteiger partial charge in [-0.05, 0) is 68.1 Å². The zero-order valence-electron chi connectivity index (χ0n) is 17.3. The highest BCUT2D eigenvalue weighted by molar-refractivity contribution is 6.09. The molecule has 0 N–H and O–H groups in total. The van der Waals surface area contributed by atoms with Crippen molar-refractivity contribution >= 4 is 27.5 Å². The summed E-state index contributed by atoms with van der Waals surface area (Å²) in [5.41, 5.74) is 4.50. The molecule has 0 bridgehead atoms. The first kappa shape index (κ1) is 19.6. The summed E-state index contributed by atoms with van der Waals surface area (Å²) in [5.74, 6) is -0.195. The first-order valence-corrected chi connectivity index (χ1v) is 10.4. The SMILES string of the molecule is C=CC(=O)OOc1ccc(-c2ccc3cc4ccccc4cc3c2-c2ccccc2)cc1. The van der Waals surface area contributed by atoms with Gasteiger partial charge in [0, 0.05) is 6.08 Å². The van der Waals surface area contributed by atoms with E-state index in [0.29, 0.717) is 5.75 Å². The van der Waals surface area contributed by atoms with Gasteiger partial charge in [0.25, 0.3) is 0 Å². The van der Waals surface area contributed by atoms with Crippen LogP contribution in [0.2, 0.25) is 0 Å². The summed E-state index contributed by atoms with van der Waals surface area (Å²) in [6.45, 7) is 3.35. The number of carbonyl (C=O) groups is 1. The van der Waals surface area contributed by atoms with Crippen molar-refractivity contribution in [2.45, 2.75) is 0 Å². The third kappa shape index (κ3) is 3.72. The Morgan fingerprint density at radius 3 is 2.09 bits per heavy atom. The molecule has 0 atom stereocenters. The molecule has 0 aliphatic carbocycles. The molecule has 0 saturated heterocycles. The number of hydrogen-bond acceptors (Lipinski definition) is 3. The Hall–Kier alpha value is -4.37. The summed E-state index contributed by atoms with van der Waals surface area (Å²) in [5, 5.41) is 4.83. The Bertz CT molecular complexity index is 1430. The van der Waals surface area contributed by atoms with Crippen LogP contribution in [0, 0.1) is 0 Å². The lowest BCUT2D eigenvalue weighted by Gasteiger charge is -2.15. The molecule has 0 aromatic heterocycles. The topological polar surface area (TPSA) is 35.5 Å². The molecule has 0 amide bonds. The molecule has 3 nitrogen and oxygen atoms in total. The molecule has 0 aliphatic rings. The van der Waals surface area contributed by atoms with Crippen molar-refractivity contribution in [2.75, 3.05) is 0 Å². The second-order valence-electron chi connectivity index (χ2n) is 7.49. The van der Waals surface area contributed by atoms with Gasteiger partial charge in [-0.25, -0.2) is 9.68 Å². The lowest BCUT2D eigenvalue weighted by molar-refractivity contribution is -0.207. The lowest BCUT2D eigenvalue weighted by Crippen LogP contribution is -2.03. The molecule has 0 aliphatic heterocycles. The van der Waals surface area contributed by atoms with Gasteiger partial charge in [0.2, 0.25) is 0 Å². The molecule has 5 aromatic rings. The van der Waals surface area contributed by atoms with Crippen LogP contribution in [-0.2, 0) is 9.68 Å². The van der Waals surface area contributed by atoms with Crippen LogP contribution in [0.15, 0.2) is 116 Å². The number of benzene rings is 5. The third-order valence-electron chi connectivity index (χ3n) is 5.50. The summed E-state index contributed by atoms with van der Waals surface area (Å²) in [4.78, 5) is 20.9. The second kappa shape index (κ2) is 8.40. The van der Waals surface area contributed by atoms with Crippen molar-refractivity contribution in [1.29, 1.82) is 0 Å². The Balaban J connectivity index is 1.66. The van der Waals surface area contributed by atoms with Crippen molar-refractivity contribution in [1.82, 2.24) is 0 Å². The molecule has 0 heterocycles. The second-order valence-corrected chi connectivity index (χ2v) is 7.49. The Morgan fingerprint density at radius 2 is 1.38 bits per heavy atom. The Kier molecular flexibility index (Phi) is 5.14. The lowest BCUT2D eigenvalue weighted by atomic mass is 9.88. The summed E-state index contributed by atoms with van der Waals surface area (Å²) in [6.07, 6.45) is 1.05. The summed E-state index contributed by atoms with van der Waals surface area (Å²) in [6, 6.07) is 35.2. The van der Waals surface area contributed by atoms with Gasteiger partial charge in [0.1, 0.15) is 0 Å². The van der Waals surface area contributed by atoms with Crippen molar-refractivity contribution in [3.8, 4) is 28.0 Å². The quantitative estimate of drug-likeness (QED) is 0.130. The van der Waals surface area contributed by atoms with Crippen molar-refractivity contribution in [2.24, 2.45) is 0 Å². The molecule has 3 heteroatoms. The van der Waals surface area contributed by atoms with E-state index in [4.69, 9.17) is 4.89 Å². The zero-order chi connectivity index (χ0) is 21.9. The van der Waals surface area contributed by atoms with E-state index in [1.54, 1.807) is 12.1 Å². The maximum absolute atomic E-state index is 11.2. The molecule has 0 radical (unpaired) electrons. The molecule has 0 fully saturated rings. The molecular weight excluding hydrogens is 396 g/mol. The minimum Gasteiger partial charge on any atom is -0.287 e. The monoisotopic (exact) mass is 416 g/mol. The van der Waals surface area contributed by atoms with Crippen LogP contribution in [0.4, 0.5) is 0 Å². The maximum Gasteiger partial charge on any atom is 0.378 e. The first-order chi connectivity index (χ1) is 15.7. The molecule has 0 unspecified atom stereocenters. The molecule has 0 saturated carbocycles. The number of fused-ring (bicyclic) bond motifs is 2. The van der Waals surface area contributed by atoms with E-state index >= 15 is 0 Å². The molecule has 0 spiro atoms. The van der Waals surface area contributed by atoms with Gasteiger partial charge in [0.05, 0.1) is 0 Å². The van der Waals surface area contributed by atoms with E-state index in [-0.39, 0.29) is 0 Å². The van der Waals surface area contributed by atoms with E-state index < -0.39 is 5.97 Å². The van der Waals surface area contributed by atoms with Crippen LogP contribution in [0.5, 0.6) is 5.75 Å². The number of rotatable bonds is 5. The molecular formula is C29H20O3. The van der Waals surface area contributed by atoms with Gasteiger partial charge in [-0.1, -0.05) is 85.4 Å². The predicted octanol–water partition coefficient (Wildman–Crippen LogP) is 7.35. The van der Waals surface area contributed by atoms with Crippen molar-refractivity contribution in [3.05, 3.63) is 116 Å². The average molecular weight is 416 g/mol. The van der Waals surface area contributed by atoms with Crippen LogP contribution in [0.3, 0.4) is 0 Å². The fourth-order valence-electron chi connectivity index (χ4n) is 3.98. The van der Waals surface area contributed by atoms with Crippen molar-refractivity contribution in [3.63, 3.8) is 0 Å². The fraction of sp³-hybridized carbons (Fsp3) is 0. The molecule has 5 aromatic carbocycles. The van der Waals surface area contributed by atoms with E-state index in [1.807, 2.05) is 18.2 Å². The normalized spacial score (nSPS) is 10.8. The number of carbonyl (C=O) groups excluding carboxylic acids is 1. The fourth-order valence-corrected chi connectivity index (χ4v) is 3.98. The zero-order valence-corrected chi connectivity index (χ0v) is 17.3. The third-order valence-corrected chi connectivity index (χ3v) is 5.50. The summed E-state index contributed by atoms with van der Waals surface area (Å²) >= 11 is 0. The van der Waals surface area contributed by atoms with Crippen molar-refractivity contribution < 1.29 is 14.6 Å². The highest BCUT2D eigenvalue weighted by Crippen LogP contribution is 2.40. The van der Waals surface area contributed by atoms with Crippen LogP contribution < -0.4 is 4.89 Å². The van der Waals surface area contributed by atoms with Gasteiger partial charge < -0.3 is 0 Å². The smallest absolute Gasteiger partial charge is 0.287 e. The maximum atomic E-state index is 11.2. The van der Waals surface area contributed by atoms with Crippen LogP contribution >= 0.6 is 0 Å². The minimum atomic E-state index is -0.637. The van der Waals surface area contributed by atoms with E-state index in [2.05, 4.69) is 84.3 Å². The summed E-state index contributed by atoms with van der Waals surface area (Å²) < 4.78 is 0. The standard InChI is InChI=1S/C29H20O3/c1-2-28(30)32-31-25-15-12-20(13-16-25)26-17-14-24-18-22-10-6-7-11-23(22)19-27(24)29(26)21-8-4-3-5-9-21/h2-19H,1H2. The molecule has 5 rings (SSSR count). The van der Waals surface area contributed by atoms with Crippen LogP contribution in [0.1, 0.15) is 0 Å². The first-order valence-electron chi connectivity index (χ1n) is 10.4. The molecule has 154 valence electrons. The van der Waals surface area contributed by atoms with Gasteiger partial charge in [-0.15, -0.1) is 0 Å². The van der Waals surface area contributed by atoms with Gasteiger partial charge in [0.15, 0.2) is 5.75 Å². The average Bonchev–Trinajstić information content (AvgIpc) is 2.86.